The zero-order valence-corrected chi connectivity index (χ0v) is 9.39. The van der Waals surface area contributed by atoms with Crippen molar-refractivity contribution in [3.63, 3.8) is 0 Å². The molecule has 0 aromatic carbocycles. The van der Waals surface area contributed by atoms with E-state index in [1.54, 1.807) is 0 Å². The average molecular weight is 230 g/mol. The molecule has 1 aliphatic heterocycles. The van der Waals surface area contributed by atoms with Crippen molar-refractivity contribution in [3.05, 3.63) is 0 Å². The zero-order valence-electron chi connectivity index (χ0n) is 9.39. The quantitative estimate of drug-likeness (QED) is 0.674. The molecule has 0 aromatic rings. The Bertz CT molecular complexity index is 268. The molecule has 1 rings (SSSR count). The number of nitrogens with zero attached hydrogens (tertiary/aromatic N) is 1. The maximum atomic E-state index is 11.8. The number of hydrogen-bond donors (Lipinski definition) is 2. The minimum absolute atomic E-state index is 0.0479. The lowest BCUT2D eigenvalue weighted by Gasteiger charge is -2.33. The van der Waals surface area contributed by atoms with Crippen molar-refractivity contribution in [1.29, 1.82) is 0 Å². The number of morpholine rings is 1. The molecule has 3 N–H and O–H groups in total. The van der Waals surface area contributed by atoms with Crippen LogP contribution < -0.4 is 5.73 Å². The Kier molecular flexibility index (Phi) is 4.70. The van der Waals surface area contributed by atoms with Gasteiger partial charge in [-0.3, -0.25) is 4.79 Å². The molecular formula is C10H18N2O4. The van der Waals surface area contributed by atoms with E-state index in [1.807, 2.05) is 6.92 Å². The number of nitrogens with two attached hydrogens (primary N) is 1. The van der Waals surface area contributed by atoms with Gasteiger partial charge in [-0.15, -0.1) is 0 Å². The van der Waals surface area contributed by atoms with Gasteiger partial charge in [0.15, 0.2) is 6.04 Å². The molecule has 1 aliphatic rings. The number of hydrogen-bond acceptors (Lipinski definition) is 4. The Morgan fingerprint density at radius 3 is 2.88 bits per heavy atom. The minimum atomic E-state index is -1.02. The second-order valence-electron chi connectivity index (χ2n) is 4.03. The van der Waals surface area contributed by atoms with Gasteiger partial charge in [0.05, 0.1) is 13.2 Å². The summed E-state index contributed by atoms with van der Waals surface area (Å²) in [6.45, 7) is 2.63. The van der Waals surface area contributed by atoms with Crippen molar-refractivity contribution >= 4 is 11.9 Å². The van der Waals surface area contributed by atoms with Crippen molar-refractivity contribution in [2.24, 2.45) is 5.73 Å². The Morgan fingerprint density at radius 2 is 2.31 bits per heavy atom. The second-order valence-corrected chi connectivity index (χ2v) is 4.03. The lowest BCUT2D eigenvalue weighted by molar-refractivity contribution is -0.158. The predicted octanol–water partition coefficient (Wildman–Crippen LogP) is -0.574. The molecule has 2 unspecified atom stereocenters. The van der Waals surface area contributed by atoms with E-state index in [4.69, 9.17) is 15.6 Å². The maximum absolute atomic E-state index is 11.8. The lowest BCUT2D eigenvalue weighted by Crippen LogP contribution is -2.52. The van der Waals surface area contributed by atoms with Crippen LogP contribution in [0.5, 0.6) is 0 Å². The normalized spacial score (nSPS) is 22.9. The SMILES string of the molecule is CC(N)CCC(=O)N1CCOCC1C(=O)O. The van der Waals surface area contributed by atoms with Crippen molar-refractivity contribution < 1.29 is 19.4 Å². The van der Waals surface area contributed by atoms with Crippen molar-refractivity contribution in [3.8, 4) is 0 Å². The highest BCUT2D eigenvalue weighted by Crippen LogP contribution is 2.10. The van der Waals surface area contributed by atoms with E-state index in [-0.39, 0.29) is 18.6 Å². The van der Waals surface area contributed by atoms with Crippen LogP contribution in [-0.4, -0.2) is 53.7 Å². The van der Waals surface area contributed by atoms with Crippen molar-refractivity contribution in [2.75, 3.05) is 19.8 Å². The van der Waals surface area contributed by atoms with Gasteiger partial charge >= 0.3 is 5.97 Å². The maximum Gasteiger partial charge on any atom is 0.328 e. The van der Waals surface area contributed by atoms with Gasteiger partial charge in [-0.05, 0) is 13.3 Å². The molecule has 1 amide bonds. The molecule has 0 aromatic heterocycles. The molecule has 0 bridgehead atoms. The van der Waals surface area contributed by atoms with Gasteiger partial charge in [0.25, 0.3) is 0 Å². The van der Waals surface area contributed by atoms with Crippen LogP contribution in [-0.2, 0) is 14.3 Å². The first-order valence-corrected chi connectivity index (χ1v) is 5.38. The Hall–Kier alpha value is -1.14. The van der Waals surface area contributed by atoms with E-state index in [9.17, 15) is 9.59 Å². The van der Waals surface area contributed by atoms with Gasteiger partial charge in [0.1, 0.15) is 0 Å². The number of amides is 1. The van der Waals surface area contributed by atoms with Crippen LogP contribution in [0.3, 0.4) is 0 Å². The molecule has 0 aliphatic carbocycles. The lowest BCUT2D eigenvalue weighted by atomic mass is 10.1. The fourth-order valence-electron chi connectivity index (χ4n) is 1.60. The van der Waals surface area contributed by atoms with Crippen LogP contribution in [0.15, 0.2) is 0 Å². The van der Waals surface area contributed by atoms with E-state index in [1.165, 1.54) is 4.90 Å². The number of carboxylic acids is 1. The Labute approximate surface area is 94.3 Å². The van der Waals surface area contributed by atoms with Gasteiger partial charge in [0.2, 0.25) is 5.91 Å². The summed E-state index contributed by atoms with van der Waals surface area (Å²) in [7, 11) is 0. The molecule has 16 heavy (non-hydrogen) atoms. The molecule has 1 fully saturated rings. The smallest absolute Gasteiger partial charge is 0.328 e. The van der Waals surface area contributed by atoms with Gasteiger partial charge in [0, 0.05) is 19.0 Å². The third kappa shape index (κ3) is 3.46. The van der Waals surface area contributed by atoms with E-state index >= 15 is 0 Å². The zero-order chi connectivity index (χ0) is 12.1. The summed E-state index contributed by atoms with van der Waals surface area (Å²) in [6, 6.07) is -0.900. The molecular weight excluding hydrogens is 212 g/mol. The van der Waals surface area contributed by atoms with Gasteiger partial charge in [-0.25, -0.2) is 4.79 Å². The standard InChI is InChI=1S/C10H18N2O4/c1-7(11)2-3-9(13)12-4-5-16-6-8(12)10(14)15/h7-8H,2-6,11H2,1H3,(H,14,15). The summed E-state index contributed by atoms with van der Waals surface area (Å²) in [6.07, 6.45) is 0.865. The molecule has 92 valence electrons. The van der Waals surface area contributed by atoms with Crippen LogP contribution in [0, 0.1) is 0 Å². The summed E-state index contributed by atoms with van der Waals surface area (Å²) in [5, 5.41) is 8.94. The number of ether oxygens (including phenoxy) is 1. The van der Waals surface area contributed by atoms with Crippen molar-refractivity contribution in [2.45, 2.75) is 31.8 Å². The molecule has 0 saturated carbocycles. The van der Waals surface area contributed by atoms with Crippen molar-refractivity contribution in [1.82, 2.24) is 4.90 Å². The van der Waals surface area contributed by atoms with Gasteiger partial charge < -0.3 is 20.5 Å². The van der Waals surface area contributed by atoms with Crippen LogP contribution in [0.2, 0.25) is 0 Å². The number of carbonyl (C=O) groups is 2. The third-order valence-electron chi connectivity index (χ3n) is 2.55. The highest BCUT2D eigenvalue weighted by atomic mass is 16.5. The molecule has 2 atom stereocenters. The average Bonchev–Trinajstić information content (AvgIpc) is 2.25. The van der Waals surface area contributed by atoms with E-state index in [0.717, 1.165) is 0 Å². The molecule has 0 radical (unpaired) electrons. The number of rotatable bonds is 4. The minimum Gasteiger partial charge on any atom is -0.480 e. The summed E-state index contributed by atoms with van der Waals surface area (Å²) in [5.41, 5.74) is 5.55. The summed E-state index contributed by atoms with van der Waals surface area (Å²) >= 11 is 0. The van der Waals surface area contributed by atoms with Crippen LogP contribution in [0.25, 0.3) is 0 Å². The van der Waals surface area contributed by atoms with Crippen LogP contribution in [0.1, 0.15) is 19.8 Å². The number of carboxylic acid groups (broad SMARTS) is 1. The van der Waals surface area contributed by atoms with Gasteiger partial charge in [-0.2, -0.15) is 0 Å². The third-order valence-corrected chi connectivity index (χ3v) is 2.55. The fourth-order valence-corrected chi connectivity index (χ4v) is 1.60. The topological polar surface area (TPSA) is 92.9 Å². The van der Waals surface area contributed by atoms with Gasteiger partial charge in [-0.1, -0.05) is 0 Å². The highest BCUT2D eigenvalue weighted by molar-refractivity contribution is 5.84. The summed E-state index contributed by atoms with van der Waals surface area (Å²) < 4.78 is 5.05. The summed E-state index contributed by atoms with van der Waals surface area (Å²) in [4.78, 5) is 24.0. The molecule has 0 spiro atoms. The predicted molar refractivity (Wildman–Crippen MR) is 56.8 cm³/mol. The largest absolute Gasteiger partial charge is 0.480 e. The fraction of sp³-hybridized carbons (Fsp3) is 0.800. The highest BCUT2D eigenvalue weighted by Gasteiger charge is 2.32. The number of aliphatic carboxylic acids is 1. The second kappa shape index (κ2) is 5.81. The van der Waals surface area contributed by atoms with Crippen LogP contribution in [0.4, 0.5) is 0 Å². The molecule has 6 nitrogen and oxygen atoms in total. The molecule has 1 saturated heterocycles. The van der Waals surface area contributed by atoms with E-state index in [2.05, 4.69) is 0 Å². The van der Waals surface area contributed by atoms with Crippen LogP contribution >= 0.6 is 0 Å². The first-order valence-electron chi connectivity index (χ1n) is 5.38. The Morgan fingerprint density at radius 1 is 1.62 bits per heavy atom. The Balaban J connectivity index is 2.54. The first kappa shape index (κ1) is 12.9. The van der Waals surface area contributed by atoms with E-state index in [0.29, 0.717) is 26.0 Å². The molecule has 1 heterocycles. The molecule has 6 heteroatoms. The monoisotopic (exact) mass is 230 g/mol. The van der Waals surface area contributed by atoms with E-state index < -0.39 is 12.0 Å². The number of carbonyl (C=O) groups excluding carboxylic acids is 1. The first-order chi connectivity index (χ1) is 7.52. The summed E-state index contributed by atoms with van der Waals surface area (Å²) in [5.74, 6) is -1.18.